The molecule has 0 saturated carbocycles. The van der Waals surface area contributed by atoms with Crippen molar-refractivity contribution in [3.05, 3.63) is 52.7 Å². The maximum absolute atomic E-state index is 12.5. The first kappa shape index (κ1) is 12.4. The monoisotopic (exact) mass is 280 g/mol. The van der Waals surface area contributed by atoms with Crippen molar-refractivity contribution in [2.45, 2.75) is 6.18 Å². The van der Waals surface area contributed by atoms with Crippen LogP contribution in [0.2, 0.25) is 0 Å². The molecule has 5 nitrogen and oxygen atoms in total. The summed E-state index contributed by atoms with van der Waals surface area (Å²) in [5.74, 6) is 0. The van der Waals surface area contributed by atoms with Crippen molar-refractivity contribution in [1.29, 1.82) is 0 Å². The molecular formula is C12H7F3N4O. The number of rotatable bonds is 1. The Morgan fingerprint density at radius 1 is 1.15 bits per heavy atom. The minimum atomic E-state index is -4.39. The molecule has 0 aliphatic rings. The number of fused-ring (bicyclic) bond motifs is 1. The standard InChI is InChI=1S/C12H7F3N4O/c13-12(14,15)7-1-3-8(4-2-7)19-10-9(5-18-19)11(20)17-6-16-10/h1-6H,(H,16,17,20). The molecule has 1 N–H and O–H groups in total. The largest absolute Gasteiger partial charge is 0.416 e. The third kappa shape index (κ3) is 1.94. The molecule has 2 heterocycles. The third-order valence-electron chi connectivity index (χ3n) is 2.81. The molecule has 3 aromatic rings. The zero-order chi connectivity index (χ0) is 14.3. The van der Waals surface area contributed by atoms with Gasteiger partial charge in [0.2, 0.25) is 0 Å². The van der Waals surface area contributed by atoms with Gasteiger partial charge in [0.25, 0.3) is 5.56 Å². The summed E-state index contributed by atoms with van der Waals surface area (Å²) in [6, 6.07) is 4.46. The second-order valence-electron chi connectivity index (χ2n) is 4.07. The number of aromatic nitrogens is 4. The minimum Gasteiger partial charge on any atom is -0.312 e. The molecule has 20 heavy (non-hydrogen) atoms. The molecule has 0 bridgehead atoms. The van der Waals surface area contributed by atoms with Gasteiger partial charge in [0, 0.05) is 0 Å². The van der Waals surface area contributed by atoms with E-state index in [0.717, 1.165) is 12.1 Å². The van der Waals surface area contributed by atoms with Gasteiger partial charge in [-0.15, -0.1) is 0 Å². The van der Waals surface area contributed by atoms with Crippen molar-refractivity contribution >= 4 is 11.0 Å². The second kappa shape index (κ2) is 4.19. The maximum atomic E-state index is 12.5. The van der Waals surface area contributed by atoms with Crippen molar-refractivity contribution in [1.82, 2.24) is 19.7 Å². The molecule has 0 saturated heterocycles. The van der Waals surface area contributed by atoms with Gasteiger partial charge in [0.1, 0.15) is 5.39 Å². The van der Waals surface area contributed by atoms with Crippen LogP contribution in [-0.4, -0.2) is 19.7 Å². The summed E-state index contributed by atoms with van der Waals surface area (Å²) in [4.78, 5) is 17.9. The number of hydrogen-bond donors (Lipinski definition) is 1. The molecule has 0 spiro atoms. The molecule has 8 heteroatoms. The molecule has 102 valence electrons. The average molecular weight is 280 g/mol. The van der Waals surface area contributed by atoms with E-state index >= 15 is 0 Å². The van der Waals surface area contributed by atoms with E-state index in [2.05, 4.69) is 15.1 Å². The van der Waals surface area contributed by atoms with E-state index in [0.29, 0.717) is 5.69 Å². The van der Waals surface area contributed by atoms with Crippen LogP contribution >= 0.6 is 0 Å². The summed E-state index contributed by atoms with van der Waals surface area (Å²) >= 11 is 0. The number of hydrogen-bond acceptors (Lipinski definition) is 3. The van der Waals surface area contributed by atoms with Gasteiger partial charge < -0.3 is 4.98 Å². The lowest BCUT2D eigenvalue weighted by atomic mass is 10.2. The van der Waals surface area contributed by atoms with E-state index in [4.69, 9.17) is 0 Å². The van der Waals surface area contributed by atoms with Crippen LogP contribution in [0.1, 0.15) is 5.56 Å². The van der Waals surface area contributed by atoms with Gasteiger partial charge in [-0.3, -0.25) is 4.79 Å². The lowest BCUT2D eigenvalue weighted by molar-refractivity contribution is -0.137. The number of alkyl halides is 3. The molecule has 0 atom stereocenters. The van der Waals surface area contributed by atoms with E-state index in [1.807, 2.05) is 0 Å². The van der Waals surface area contributed by atoms with Gasteiger partial charge in [0.05, 0.1) is 23.8 Å². The smallest absolute Gasteiger partial charge is 0.312 e. The number of aromatic amines is 1. The highest BCUT2D eigenvalue weighted by molar-refractivity contribution is 5.74. The SMILES string of the molecule is O=c1[nH]cnc2c1cnn2-c1ccc(C(F)(F)F)cc1. The number of H-pyrrole nitrogens is 1. The number of halogens is 3. The van der Waals surface area contributed by atoms with Gasteiger partial charge >= 0.3 is 6.18 Å². The van der Waals surface area contributed by atoms with Crippen LogP contribution in [0.5, 0.6) is 0 Å². The Morgan fingerprint density at radius 2 is 1.85 bits per heavy atom. The highest BCUT2D eigenvalue weighted by atomic mass is 19.4. The highest BCUT2D eigenvalue weighted by Gasteiger charge is 2.30. The summed E-state index contributed by atoms with van der Waals surface area (Å²) in [6.07, 6.45) is -1.86. The Labute approximate surface area is 109 Å². The first-order valence-corrected chi connectivity index (χ1v) is 5.56. The fraction of sp³-hybridized carbons (Fsp3) is 0.0833. The third-order valence-corrected chi connectivity index (χ3v) is 2.81. The highest BCUT2D eigenvalue weighted by Crippen LogP contribution is 2.29. The van der Waals surface area contributed by atoms with Crippen LogP contribution < -0.4 is 5.56 Å². The van der Waals surface area contributed by atoms with Crippen LogP contribution in [0.25, 0.3) is 16.7 Å². The summed E-state index contributed by atoms with van der Waals surface area (Å²) in [5.41, 5.74) is -0.420. The number of nitrogens with zero attached hydrogens (tertiary/aromatic N) is 3. The molecule has 0 amide bonds. The Kier molecular flexibility index (Phi) is 2.60. The quantitative estimate of drug-likeness (QED) is 0.742. The zero-order valence-electron chi connectivity index (χ0n) is 9.85. The fourth-order valence-corrected chi connectivity index (χ4v) is 1.84. The first-order valence-electron chi connectivity index (χ1n) is 5.56. The number of benzene rings is 1. The Bertz CT molecular complexity index is 817. The Balaban J connectivity index is 2.12. The molecule has 0 aliphatic carbocycles. The molecule has 0 radical (unpaired) electrons. The van der Waals surface area contributed by atoms with E-state index in [1.54, 1.807) is 0 Å². The van der Waals surface area contributed by atoms with Crippen molar-refractivity contribution in [2.24, 2.45) is 0 Å². The van der Waals surface area contributed by atoms with E-state index in [9.17, 15) is 18.0 Å². The molecule has 0 fully saturated rings. The topological polar surface area (TPSA) is 63.6 Å². The van der Waals surface area contributed by atoms with Crippen molar-refractivity contribution in [3.8, 4) is 5.69 Å². The normalized spacial score (nSPS) is 11.9. The van der Waals surface area contributed by atoms with Crippen molar-refractivity contribution in [3.63, 3.8) is 0 Å². The molecule has 0 unspecified atom stereocenters. The summed E-state index contributed by atoms with van der Waals surface area (Å²) in [6.45, 7) is 0. The summed E-state index contributed by atoms with van der Waals surface area (Å²) in [7, 11) is 0. The predicted octanol–water partition coefficient (Wildman–Crippen LogP) is 2.13. The van der Waals surface area contributed by atoms with E-state index < -0.39 is 11.7 Å². The average Bonchev–Trinajstić information content (AvgIpc) is 2.83. The number of nitrogens with one attached hydrogen (secondary N) is 1. The Morgan fingerprint density at radius 3 is 2.50 bits per heavy atom. The molecule has 2 aromatic heterocycles. The van der Waals surface area contributed by atoms with Crippen LogP contribution in [0.4, 0.5) is 13.2 Å². The van der Waals surface area contributed by atoms with E-state index in [-0.39, 0.29) is 16.6 Å². The van der Waals surface area contributed by atoms with Crippen LogP contribution in [0, 0.1) is 0 Å². The van der Waals surface area contributed by atoms with Gasteiger partial charge in [0.15, 0.2) is 5.65 Å². The second-order valence-corrected chi connectivity index (χ2v) is 4.07. The van der Waals surface area contributed by atoms with Gasteiger partial charge in [-0.1, -0.05) is 0 Å². The molecule has 1 aromatic carbocycles. The summed E-state index contributed by atoms with van der Waals surface area (Å²) in [5, 5.41) is 4.24. The maximum Gasteiger partial charge on any atom is 0.416 e. The van der Waals surface area contributed by atoms with E-state index in [1.165, 1.54) is 29.3 Å². The van der Waals surface area contributed by atoms with Crippen LogP contribution in [0.3, 0.4) is 0 Å². The lowest BCUT2D eigenvalue weighted by Crippen LogP contribution is -2.07. The van der Waals surface area contributed by atoms with Crippen molar-refractivity contribution in [2.75, 3.05) is 0 Å². The first-order chi connectivity index (χ1) is 9.47. The molecular weight excluding hydrogens is 273 g/mol. The van der Waals surface area contributed by atoms with Crippen LogP contribution in [0.15, 0.2) is 41.6 Å². The van der Waals surface area contributed by atoms with Crippen molar-refractivity contribution < 1.29 is 13.2 Å². The lowest BCUT2D eigenvalue weighted by Gasteiger charge is -2.07. The van der Waals surface area contributed by atoms with Gasteiger partial charge in [-0.05, 0) is 24.3 Å². The van der Waals surface area contributed by atoms with Crippen LogP contribution in [-0.2, 0) is 6.18 Å². The molecule has 0 aliphatic heterocycles. The Hall–Kier alpha value is -2.64. The predicted molar refractivity (Wildman–Crippen MR) is 64.5 cm³/mol. The zero-order valence-corrected chi connectivity index (χ0v) is 9.85. The summed E-state index contributed by atoms with van der Waals surface area (Å²) < 4.78 is 38.8. The fourth-order valence-electron chi connectivity index (χ4n) is 1.84. The van der Waals surface area contributed by atoms with Gasteiger partial charge in [-0.2, -0.15) is 18.3 Å². The minimum absolute atomic E-state index is 0.271. The molecule has 3 rings (SSSR count). The van der Waals surface area contributed by atoms with Gasteiger partial charge in [-0.25, -0.2) is 9.67 Å².